The zero-order valence-corrected chi connectivity index (χ0v) is 7.66. The van der Waals surface area contributed by atoms with E-state index < -0.39 is 9.28 Å². The van der Waals surface area contributed by atoms with Crippen LogP contribution in [0.25, 0.3) is 0 Å². The third-order valence-electron chi connectivity index (χ3n) is 1.12. The second kappa shape index (κ2) is 6.79. The van der Waals surface area contributed by atoms with Crippen LogP contribution in [0.15, 0.2) is 12.8 Å². The van der Waals surface area contributed by atoms with Crippen LogP contribution in [0.5, 0.6) is 0 Å². The van der Waals surface area contributed by atoms with E-state index in [-0.39, 0.29) is 0 Å². The Morgan fingerprint density at radius 2 is 2.00 bits per heavy atom. The normalized spacial score (nSPS) is 9.90. The lowest BCUT2D eigenvalue weighted by atomic mass is 10.8. The van der Waals surface area contributed by atoms with Crippen LogP contribution in [-0.2, 0) is 13.6 Å². The molecule has 0 aromatic heterocycles. The molecule has 0 fully saturated rings. The van der Waals surface area contributed by atoms with Crippen molar-refractivity contribution in [3.05, 3.63) is 12.8 Å². The van der Waals surface area contributed by atoms with Crippen LogP contribution in [0.3, 0.4) is 0 Å². The maximum atomic E-state index is 5.05. The summed E-state index contributed by atoms with van der Waals surface area (Å²) in [6, 6.07) is 0.860. The van der Waals surface area contributed by atoms with Crippen LogP contribution in [0.1, 0.15) is 0 Å². The highest BCUT2D eigenvalue weighted by atomic mass is 28.3. The summed E-state index contributed by atoms with van der Waals surface area (Å²) in [5.74, 6) is 0. The summed E-state index contributed by atoms with van der Waals surface area (Å²) in [5, 5.41) is 0. The number of hydrogen-bond acceptors (Lipinski definition) is 3. The molecular weight excluding hydrogens is 148 g/mol. The van der Waals surface area contributed by atoms with E-state index in [4.69, 9.17) is 13.6 Å². The Labute approximate surface area is 63.4 Å². The first kappa shape index (κ1) is 9.68. The SMILES string of the molecule is C=COCC[SiH](OC)OC. The first-order chi connectivity index (χ1) is 4.85. The monoisotopic (exact) mass is 162 g/mol. The molecule has 0 aliphatic heterocycles. The van der Waals surface area contributed by atoms with Gasteiger partial charge in [-0.3, -0.25) is 0 Å². The van der Waals surface area contributed by atoms with Gasteiger partial charge in [0.1, 0.15) is 0 Å². The van der Waals surface area contributed by atoms with Crippen LogP contribution in [-0.4, -0.2) is 30.1 Å². The fourth-order valence-electron chi connectivity index (χ4n) is 0.580. The van der Waals surface area contributed by atoms with Crippen molar-refractivity contribution in [3.63, 3.8) is 0 Å². The Balaban J connectivity index is 3.16. The topological polar surface area (TPSA) is 27.7 Å². The average Bonchev–Trinajstić information content (AvgIpc) is 1.99. The molecule has 0 spiro atoms. The Morgan fingerprint density at radius 1 is 1.40 bits per heavy atom. The molecule has 0 rings (SSSR count). The fraction of sp³-hybridized carbons (Fsp3) is 0.667. The third kappa shape index (κ3) is 4.55. The van der Waals surface area contributed by atoms with Crippen molar-refractivity contribution in [1.82, 2.24) is 0 Å². The number of rotatable bonds is 6. The molecule has 4 heteroatoms. The summed E-state index contributed by atoms with van der Waals surface area (Å²) in [7, 11) is 1.93. The first-order valence-corrected chi connectivity index (χ1v) is 4.89. The highest BCUT2D eigenvalue weighted by Gasteiger charge is 2.07. The lowest BCUT2D eigenvalue weighted by molar-refractivity contribution is 0.234. The molecule has 0 aliphatic carbocycles. The van der Waals surface area contributed by atoms with Gasteiger partial charge in [-0.1, -0.05) is 6.58 Å². The summed E-state index contributed by atoms with van der Waals surface area (Å²) >= 11 is 0. The summed E-state index contributed by atoms with van der Waals surface area (Å²) in [5.41, 5.74) is 0. The summed E-state index contributed by atoms with van der Waals surface area (Å²) in [6.45, 7) is 4.06. The minimum Gasteiger partial charge on any atom is -0.502 e. The summed E-state index contributed by atoms with van der Waals surface area (Å²) in [6.07, 6.45) is 1.43. The summed E-state index contributed by atoms with van der Waals surface area (Å²) < 4.78 is 15.0. The van der Waals surface area contributed by atoms with Gasteiger partial charge in [-0.15, -0.1) is 0 Å². The molecule has 0 heterocycles. The van der Waals surface area contributed by atoms with Gasteiger partial charge >= 0.3 is 9.28 Å². The minimum atomic E-state index is -1.40. The third-order valence-corrected chi connectivity index (χ3v) is 2.87. The Kier molecular flexibility index (Phi) is 6.57. The van der Waals surface area contributed by atoms with Crippen LogP contribution >= 0.6 is 0 Å². The van der Waals surface area contributed by atoms with Gasteiger partial charge in [0.05, 0.1) is 12.9 Å². The van der Waals surface area contributed by atoms with Gasteiger partial charge in [-0.25, -0.2) is 0 Å². The van der Waals surface area contributed by atoms with Gasteiger partial charge < -0.3 is 13.6 Å². The zero-order valence-electron chi connectivity index (χ0n) is 6.50. The van der Waals surface area contributed by atoms with E-state index in [1.807, 2.05) is 0 Å². The van der Waals surface area contributed by atoms with E-state index in [2.05, 4.69) is 6.58 Å². The smallest absolute Gasteiger partial charge is 0.324 e. The number of hydrogen-bond donors (Lipinski definition) is 0. The average molecular weight is 162 g/mol. The molecule has 0 aromatic carbocycles. The van der Waals surface area contributed by atoms with Gasteiger partial charge in [0.25, 0.3) is 0 Å². The second-order valence-corrected chi connectivity index (χ2v) is 4.11. The van der Waals surface area contributed by atoms with Gasteiger partial charge in [-0.2, -0.15) is 0 Å². The second-order valence-electron chi connectivity index (χ2n) is 1.73. The lowest BCUT2D eigenvalue weighted by Gasteiger charge is -2.09. The van der Waals surface area contributed by atoms with Crippen molar-refractivity contribution < 1.29 is 13.6 Å². The van der Waals surface area contributed by atoms with Crippen LogP contribution in [0.2, 0.25) is 6.04 Å². The van der Waals surface area contributed by atoms with Gasteiger partial charge in [0.2, 0.25) is 0 Å². The van der Waals surface area contributed by atoms with Gasteiger partial charge in [-0.05, 0) is 0 Å². The maximum Gasteiger partial charge on any atom is 0.324 e. The van der Waals surface area contributed by atoms with E-state index in [0.717, 1.165) is 6.04 Å². The molecule has 3 nitrogen and oxygen atoms in total. The predicted molar refractivity (Wildman–Crippen MR) is 42.1 cm³/mol. The van der Waals surface area contributed by atoms with Crippen molar-refractivity contribution in [3.8, 4) is 0 Å². The Morgan fingerprint density at radius 3 is 2.40 bits per heavy atom. The van der Waals surface area contributed by atoms with Crippen molar-refractivity contribution in [2.24, 2.45) is 0 Å². The van der Waals surface area contributed by atoms with E-state index in [1.165, 1.54) is 6.26 Å². The quantitative estimate of drug-likeness (QED) is 0.326. The minimum absolute atomic E-state index is 0.641. The molecule has 0 amide bonds. The van der Waals surface area contributed by atoms with Crippen LogP contribution in [0, 0.1) is 0 Å². The highest BCUT2D eigenvalue weighted by molar-refractivity contribution is 6.44. The van der Waals surface area contributed by atoms with E-state index in [1.54, 1.807) is 14.2 Å². The summed E-state index contributed by atoms with van der Waals surface area (Å²) in [4.78, 5) is 0. The van der Waals surface area contributed by atoms with Crippen LogP contribution < -0.4 is 0 Å². The molecule has 0 atom stereocenters. The molecule has 0 unspecified atom stereocenters. The van der Waals surface area contributed by atoms with E-state index in [0.29, 0.717) is 6.61 Å². The van der Waals surface area contributed by atoms with Crippen molar-refractivity contribution in [1.29, 1.82) is 0 Å². The van der Waals surface area contributed by atoms with E-state index >= 15 is 0 Å². The molecule has 60 valence electrons. The van der Waals surface area contributed by atoms with Crippen molar-refractivity contribution in [2.45, 2.75) is 6.04 Å². The Hall–Kier alpha value is -0.323. The first-order valence-electron chi connectivity index (χ1n) is 3.13. The largest absolute Gasteiger partial charge is 0.502 e. The number of ether oxygens (including phenoxy) is 1. The maximum absolute atomic E-state index is 5.05. The molecule has 0 N–H and O–H groups in total. The Bertz CT molecular complexity index is 83.1. The zero-order chi connectivity index (χ0) is 7.82. The molecule has 0 saturated carbocycles. The van der Waals surface area contributed by atoms with Crippen LogP contribution in [0.4, 0.5) is 0 Å². The predicted octanol–water partition coefficient (Wildman–Crippen LogP) is 0.660. The highest BCUT2D eigenvalue weighted by Crippen LogP contribution is 1.94. The molecule has 0 aliphatic rings. The molecule has 10 heavy (non-hydrogen) atoms. The van der Waals surface area contributed by atoms with Gasteiger partial charge in [0.15, 0.2) is 0 Å². The van der Waals surface area contributed by atoms with E-state index in [9.17, 15) is 0 Å². The molecule has 0 radical (unpaired) electrons. The lowest BCUT2D eigenvalue weighted by Crippen LogP contribution is -2.20. The standard InChI is InChI=1S/C6H14O3Si/c1-4-9-5-6-10(7-2)8-3/h4,10H,1,5-6H2,2-3H3. The van der Waals surface area contributed by atoms with Gasteiger partial charge in [0, 0.05) is 20.3 Å². The van der Waals surface area contributed by atoms with Crippen molar-refractivity contribution >= 4 is 9.28 Å². The molecule has 0 saturated heterocycles. The molecule has 0 aromatic rings. The van der Waals surface area contributed by atoms with Crippen molar-refractivity contribution in [2.75, 3.05) is 20.8 Å². The fourth-order valence-corrected chi connectivity index (χ4v) is 1.57. The molecular formula is C6H14O3Si. The molecule has 0 bridgehead atoms.